The fourth-order valence-corrected chi connectivity index (χ4v) is 2.87. The molecule has 0 aliphatic rings. The van der Waals surface area contributed by atoms with Crippen LogP contribution in [0.3, 0.4) is 0 Å². The number of anilines is 1. The molecule has 0 radical (unpaired) electrons. The molecule has 126 valence electrons. The quantitative estimate of drug-likeness (QED) is 0.608. The number of nitrogens with zero attached hydrogens (tertiary/aromatic N) is 4. The van der Waals surface area contributed by atoms with E-state index < -0.39 is 0 Å². The van der Waals surface area contributed by atoms with Gasteiger partial charge in [-0.25, -0.2) is 4.98 Å². The van der Waals surface area contributed by atoms with Crippen molar-refractivity contribution in [2.24, 2.45) is 0 Å². The van der Waals surface area contributed by atoms with Crippen molar-refractivity contribution >= 4 is 22.6 Å². The third-order valence-electron chi connectivity index (χ3n) is 4.01. The maximum atomic E-state index is 12.1. The fraction of sp³-hybridized carbons (Fsp3) is 0.167. The standard InChI is InChI=1S/C18H17N5O2/c1-2-23-15-7-6-13(20-18(24)16-5-3-10-25-16)11-14(15)21-17(23)12-22-9-4-8-19-22/h3-11H,2,12H2,1H3,(H,20,24). The van der Waals surface area contributed by atoms with Gasteiger partial charge in [0, 0.05) is 24.6 Å². The third kappa shape index (κ3) is 2.91. The predicted molar refractivity (Wildman–Crippen MR) is 93.4 cm³/mol. The Morgan fingerprint density at radius 2 is 2.20 bits per heavy atom. The molecule has 0 saturated heterocycles. The molecule has 1 N–H and O–H groups in total. The average Bonchev–Trinajstić information content (AvgIpc) is 3.35. The van der Waals surface area contributed by atoms with Gasteiger partial charge in [-0.15, -0.1) is 0 Å². The first-order valence-corrected chi connectivity index (χ1v) is 8.06. The predicted octanol–water partition coefficient (Wildman–Crippen LogP) is 3.15. The molecule has 1 amide bonds. The molecule has 0 atom stereocenters. The van der Waals surface area contributed by atoms with Crippen molar-refractivity contribution in [2.75, 3.05) is 5.32 Å². The van der Waals surface area contributed by atoms with Gasteiger partial charge in [0.05, 0.1) is 23.8 Å². The second-order valence-electron chi connectivity index (χ2n) is 5.61. The summed E-state index contributed by atoms with van der Waals surface area (Å²) in [6.07, 6.45) is 5.14. The van der Waals surface area contributed by atoms with Gasteiger partial charge in [0.25, 0.3) is 5.91 Å². The number of hydrogen-bond acceptors (Lipinski definition) is 4. The first-order chi connectivity index (χ1) is 12.2. The number of amides is 1. The Morgan fingerprint density at radius 3 is 2.92 bits per heavy atom. The molecule has 25 heavy (non-hydrogen) atoms. The van der Waals surface area contributed by atoms with Crippen molar-refractivity contribution in [1.82, 2.24) is 19.3 Å². The van der Waals surface area contributed by atoms with Crippen molar-refractivity contribution < 1.29 is 9.21 Å². The van der Waals surface area contributed by atoms with Crippen LogP contribution in [0.15, 0.2) is 59.5 Å². The number of hydrogen-bond donors (Lipinski definition) is 1. The SMILES string of the molecule is CCn1c(Cn2cccn2)nc2cc(NC(=O)c3ccco3)ccc21. The van der Waals surface area contributed by atoms with E-state index in [2.05, 4.69) is 21.9 Å². The molecule has 7 nitrogen and oxygen atoms in total. The van der Waals surface area contributed by atoms with Crippen LogP contribution in [0.4, 0.5) is 5.69 Å². The number of carbonyl (C=O) groups excluding carboxylic acids is 1. The molecule has 3 aromatic heterocycles. The Balaban J connectivity index is 1.65. The van der Waals surface area contributed by atoms with E-state index >= 15 is 0 Å². The summed E-state index contributed by atoms with van der Waals surface area (Å²) in [5.74, 6) is 0.922. The van der Waals surface area contributed by atoms with Crippen molar-refractivity contribution in [3.8, 4) is 0 Å². The van der Waals surface area contributed by atoms with Crippen LogP contribution in [0.5, 0.6) is 0 Å². The number of nitrogens with one attached hydrogen (secondary N) is 1. The minimum atomic E-state index is -0.281. The monoisotopic (exact) mass is 335 g/mol. The Kier molecular flexibility index (Phi) is 3.81. The molecule has 7 heteroatoms. The topological polar surface area (TPSA) is 77.9 Å². The Labute approximate surface area is 143 Å². The van der Waals surface area contributed by atoms with Gasteiger partial charge in [0.1, 0.15) is 5.82 Å². The van der Waals surface area contributed by atoms with Gasteiger partial charge >= 0.3 is 0 Å². The lowest BCUT2D eigenvalue weighted by Gasteiger charge is -2.06. The zero-order chi connectivity index (χ0) is 17.2. The van der Waals surface area contributed by atoms with Crippen LogP contribution in [0.25, 0.3) is 11.0 Å². The maximum absolute atomic E-state index is 12.1. The number of imidazole rings is 1. The van der Waals surface area contributed by atoms with E-state index in [0.29, 0.717) is 12.2 Å². The number of benzene rings is 1. The van der Waals surface area contributed by atoms with E-state index in [0.717, 1.165) is 23.4 Å². The lowest BCUT2D eigenvalue weighted by molar-refractivity contribution is 0.0996. The maximum Gasteiger partial charge on any atom is 0.291 e. The third-order valence-corrected chi connectivity index (χ3v) is 4.01. The zero-order valence-electron chi connectivity index (χ0n) is 13.7. The molecule has 0 fully saturated rings. The summed E-state index contributed by atoms with van der Waals surface area (Å²) in [5.41, 5.74) is 2.54. The molecule has 0 aliphatic carbocycles. The highest BCUT2D eigenvalue weighted by Crippen LogP contribution is 2.21. The second kappa shape index (κ2) is 6.27. The number of rotatable bonds is 5. The van der Waals surface area contributed by atoms with Gasteiger partial charge in [-0.05, 0) is 43.3 Å². The Hall–Kier alpha value is -3.35. The first-order valence-electron chi connectivity index (χ1n) is 8.06. The molecule has 0 bridgehead atoms. The fourth-order valence-electron chi connectivity index (χ4n) is 2.87. The summed E-state index contributed by atoms with van der Waals surface area (Å²) in [7, 11) is 0. The molecular weight excluding hydrogens is 318 g/mol. The molecule has 4 rings (SSSR count). The van der Waals surface area contributed by atoms with Gasteiger partial charge in [-0.3, -0.25) is 9.48 Å². The molecule has 3 heterocycles. The van der Waals surface area contributed by atoms with Crippen molar-refractivity contribution in [2.45, 2.75) is 20.0 Å². The summed E-state index contributed by atoms with van der Waals surface area (Å²) in [6, 6.07) is 10.9. The van der Waals surface area contributed by atoms with E-state index in [4.69, 9.17) is 9.40 Å². The Bertz CT molecular complexity index is 1000. The summed E-state index contributed by atoms with van der Waals surface area (Å²) in [4.78, 5) is 16.8. The van der Waals surface area contributed by atoms with Crippen LogP contribution < -0.4 is 5.32 Å². The summed E-state index contributed by atoms with van der Waals surface area (Å²) < 4.78 is 9.10. The molecule has 0 aliphatic heterocycles. The van der Waals surface area contributed by atoms with Crippen molar-refractivity contribution in [3.63, 3.8) is 0 Å². The largest absolute Gasteiger partial charge is 0.459 e. The van der Waals surface area contributed by atoms with Crippen molar-refractivity contribution in [1.29, 1.82) is 0 Å². The first kappa shape index (κ1) is 15.2. The highest BCUT2D eigenvalue weighted by atomic mass is 16.3. The van der Waals surface area contributed by atoms with Crippen molar-refractivity contribution in [3.05, 3.63) is 66.6 Å². The van der Waals surface area contributed by atoms with E-state index in [1.807, 2.05) is 35.1 Å². The van der Waals surface area contributed by atoms with E-state index in [9.17, 15) is 4.79 Å². The van der Waals surface area contributed by atoms with Crippen LogP contribution in [0.2, 0.25) is 0 Å². The smallest absolute Gasteiger partial charge is 0.291 e. The lowest BCUT2D eigenvalue weighted by atomic mass is 10.2. The van der Waals surface area contributed by atoms with Gasteiger partial charge in [-0.1, -0.05) is 0 Å². The molecule has 0 saturated carbocycles. The van der Waals surface area contributed by atoms with Crippen LogP contribution in [0, 0.1) is 0 Å². The van der Waals surface area contributed by atoms with Crippen LogP contribution >= 0.6 is 0 Å². The highest BCUT2D eigenvalue weighted by Gasteiger charge is 2.13. The van der Waals surface area contributed by atoms with Crippen LogP contribution in [-0.4, -0.2) is 25.2 Å². The number of furan rings is 1. The Morgan fingerprint density at radius 1 is 1.28 bits per heavy atom. The van der Waals surface area contributed by atoms with E-state index in [-0.39, 0.29) is 11.7 Å². The highest BCUT2D eigenvalue weighted by molar-refractivity contribution is 6.03. The summed E-state index contributed by atoms with van der Waals surface area (Å²) in [5, 5.41) is 7.07. The molecule has 0 spiro atoms. The molecule has 0 unspecified atom stereocenters. The molecular formula is C18H17N5O2. The summed E-state index contributed by atoms with van der Waals surface area (Å²) >= 11 is 0. The van der Waals surface area contributed by atoms with Gasteiger partial charge in [0.2, 0.25) is 0 Å². The zero-order valence-corrected chi connectivity index (χ0v) is 13.7. The summed E-state index contributed by atoms with van der Waals surface area (Å²) in [6.45, 7) is 3.50. The number of aryl methyl sites for hydroxylation is 1. The average molecular weight is 335 g/mol. The minimum absolute atomic E-state index is 0.276. The number of aromatic nitrogens is 4. The van der Waals surface area contributed by atoms with Crippen LogP contribution in [-0.2, 0) is 13.1 Å². The lowest BCUT2D eigenvalue weighted by Crippen LogP contribution is -2.10. The number of fused-ring (bicyclic) bond motifs is 1. The number of carbonyl (C=O) groups is 1. The van der Waals surface area contributed by atoms with E-state index in [1.165, 1.54) is 6.26 Å². The van der Waals surface area contributed by atoms with Crippen LogP contribution in [0.1, 0.15) is 23.3 Å². The van der Waals surface area contributed by atoms with Gasteiger partial charge in [0.15, 0.2) is 5.76 Å². The van der Waals surface area contributed by atoms with E-state index in [1.54, 1.807) is 18.3 Å². The normalized spacial score (nSPS) is 11.1. The van der Waals surface area contributed by atoms with Gasteiger partial charge < -0.3 is 14.3 Å². The van der Waals surface area contributed by atoms with Gasteiger partial charge in [-0.2, -0.15) is 5.10 Å². The molecule has 4 aromatic rings. The molecule has 1 aromatic carbocycles. The second-order valence-corrected chi connectivity index (χ2v) is 5.61. The minimum Gasteiger partial charge on any atom is -0.459 e.